The van der Waals surface area contributed by atoms with E-state index >= 15 is 0 Å². The molecule has 112 valence electrons. The second-order valence-corrected chi connectivity index (χ2v) is 4.48. The largest absolute Gasteiger partial charge is 0.573 e. The van der Waals surface area contributed by atoms with Crippen molar-refractivity contribution in [2.24, 2.45) is 11.7 Å². The Morgan fingerprint density at radius 1 is 1.45 bits per heavy atom. The van der Waals surface area contributed by atoms with Crippen molar-refractivity contribution in [1.82, 2.24) is 0 Å². The molecule has 1 aromatic rings. The third-order valence-corrected chi connectivity index (χ3v) is 2.89. The average Bonchev–Trinajstić information content (AvgIpc) is 2.35. The Morgan fingerprint density at radius 3 is 2.65 bits per heavy atom. The molecular weight excluding hydrogens is 273 g/mol. The summed E-state index contributed by atoms with van der Waals surface area (Å²) in [6.07, 6.45) is -4.04. The maximum Gasteiger partial charge on any atom is 0.573 e. The number of anilines is 1. The number of hydrogen-bond acceptors (Lipinski definition) is 3. The van der Waals surface area contributed by atoms with Crippen molar-refractivity contribution >= 4 is 11.6 Å². The van der Waals surface area contributed by atoms with Crippen LogP contribution in [0.4, 0.5) is 18.9 Å². The van der Waals surface area contributed by atoms with Crippen LogP contribution in [0.5, 0.6) is 5.75 Å². The van der Waals surface area contributed by atoms with Crippen LogP contribution in [-0.2, 0) is 4.79 Å². The fourth-order valence-electron chi connectivity index (χ4n) is 1.51. The van der Waals surface area contributed by atoms with Crippen molar-refractivity contribution in [2.75, 3.05) is 5.32 Å². The van der Waals surface area contributed by atoms with Gasteiger partial charge in [0, 0.05) is 11.8 Å². The predicted molar refractivity (Wildman–Crippen MR) is 69.2 cm³/mol. The van der Waals surface area contributed by atoms with Gasteiger partial charge in [-0.1, -0.05) is 26.3 Å². The molecule has 3 N–H and O–H groups in total. The Morgan fingerprint density at radius 2 is 2.10 bits per heavy atom. The molecule has 0 spiro atoms. The van der Waals surface area contributed by atoms with Crippen LogP contribution in [0.1, 0.15) is 20.3 Å². The summed E-state index contributed by atoms with van der Waals surface area (Å²) in [5, 5.41) is 2.47. The van der Waals surface area contributed by atoms with E-state index in [1.54, 1.807) is 0 Å². The smallest absolute Gasteiger partial charge is 0.406 e. The highest BCUT2D eigenvalue weighted by Gasteiger charge is 2.31. The molecule has 0 bridgehead atoms. The molecule has 1 rings (SSSR count). The highest BCUT2D eigenvalue weighted by Crippen LogP contribution is 2.25. The zero-order valence-electron chi connectivity index (χ0n) is 11.2. The first-order valence-electron chi connectivity index (χ1n) is 6.15. The van der Waals surface area contributed by atoms with Gasteiger partial charge in [0.05, 0.1) is 6.04 Å². The highest BCUT2D eigenvalue weighted by atomic mass is 19.4. The van der Waals surface area contributed by atoms with E-state index in [9.17, 15) is 18.0 Å². The quantitative estimate of drug-likeness (QED) is 0.876. The van der Waals surface area contributed by atoms with Gasteiger partial charge in [0.2, 0.25) is 5.91 Å². The molecule has 2 unspecified atom stereocenters. The van der Waals surface area contributed by atoms with Gasteiger partial charge in [-0.15, -0.1) is 13.2 Å². The molecule has 4 nitrogen and oxygen atoms in total. The topological polar surface area (TPSA) is 64.4 Å². The van der Waals surface area contributed by atoms with Gasteiger partial charge in [-0.3, -0.25) is 4.79 Å². The number of alkyl halides is 3. The predicted octanol–water partition coefficient (Wildman–Crippen LogP) is 2.90. The number of nitrogens with two attached hydrogens (primary N) is 1. The molecule has 20 heavy (non-hydrogen) atoms. The minimum absolute atomic E-state index is 0.0235. The van der Waals surface area contributed by atoms with E-state index < -0.39 is 24.1 Å². The SMILES string of the molecule is CCC(C)C(N)C(=O)Nc1cccc(OC(F)(F)F)c1. The zero-order chi connectivity index (χ0) is 15.3. The lowest BCUT2D eigenvalue weighted by Gasteiger charge is -2.18. The second-order valence-electron chi connectivity index (χ2n) is 4.48. The summed E-state index contributed by atoms with van der Waals surface area (Å²) in [6.45, 7) is 3.73. The number of carbonyl (C=O) groups excluding carboxylic acids is 1. The number of carbonyl (C=O) groups is 1. The summed E-state index contributed by atoms with van der Waals surface area (Å²) in [5.74, 6) is -0.861. The van der Waals surface area contributed by atoms with Crippen LogP contribution in [-0.4, -0.2) is 18.3 Å². The number of amides is 1. The molecule has 7 heteroatoms. The fourth-order valence-corrected chi connectivity index (χ4v) is 1.51. The van der Waals surface area contributed by atoms with Crippen LogP contribution in [0.15, 0.2) is 24.3 Å². The normalized spacial score (nSPS) is 14.5. The number of halogens is 3. The van der Waals surface area contributed by atoms with Crippen LogP contribution in [0.25, 0.3) is 0 Å². The van der Waals surface area contributed by atoms with Gasteiger partial charge in [0.25, 0.3) is 0 Å². The molecule has 0 aliphatic rings. The first-order valence-corrected chi connectivity index (χ1v) is 6.15. The van der Waals surface area contributed by atoms with Gasteiger partial charge in [-0.05, 0) is 18.1 Å². The summed E-state index contributed by atoms with van der Waals surface area (Å²) in [4.78, 5) is 11.8. The summed E-state index contributed by atoms with van der Waals surface area (Å²) in [7, 11) is 0. The maximum absolute atomic E-state index is 12.1. The third-order valence-electron chi connectivity index (χ3n) is 2.89. The van der Waals surface area contributed by atoms with Gasteiger partial charge in [-0.2, -0.15) is 0 Å². The Hall–Kier alpha value is -1.76. The Balaban J connectivity index is 2.73. The van der Waals surface area contributed by atoms with E-state index in [1.165, 1.54) is 12.1 Å². The molecule has 0 aromatic heterocycles. The summed E-state index contributed by atoms with van der Waals surface area (Å²) >= 11 is 0. The molecule has 0 saturated carbocycles. The van der Waals surface area contributed by atoms with Crippen LogP contribution < -0.4 is 15.8 Å². The lowest BCUT2D eigenvalue weighted by Crippen LogP contribution is -2.40. The van der Waals surface area contributed by atoms with Crippen LogP contribution in [0.2, 0.25) is 0 Å². The van der Waals surface area contributed by atoms with Gasteiger partial charge in [0.15, 0.2) is 0 Å². The van der Waals surface area contributed by atoms with Crippen LogP contribution in [0.3, 0.4) is 0 Å². The van der Waals surface area contributed by atoms with Gasteiger partial charge in [-0.25, -0.2) is 0 Å². The monoisotopic (exact) mass is 290 g/mol. The standard InChI is InChI=1S/C13H17F3N2O2/c1-3-8(2)11(17)12(19)18-9-5-4-6-10(7-9)20-13(14,15)16/h4-8,11H,3,17H2,1-2H3,(H,18,19). The Bertz CT molecular complexity index is 463. The van der Waals surface area contributed by atoms with Crippen molar-refractivity contribution in [3.05, 3.63) is 24.3 Å². The number of ether oxygens (including phenoxy) is 1. The molecular formula is C13H17F3N2O2. The van der Waals surface area contributed by atoms with Crippen molar-refractivity contribution in [3.8, 4) is 5.75 Å². The minimum Gasteiger partial charge on any atom is -0.406 e. The molecule has 0 radical (unpaired) electrons. The van der Waals surface area contributed by atoms with Gasteiger partial charge >= 0.3 is 6.36 Å². The first kappa shape index (κ1) is 16.3. The van der Waals surface area contributed by atoms with E-state index in [0.29, 0.717) is 0 Å². The minimum atomic E-state index is -4.77. The van der Waals surface area contributed by atoms with Crippen LogP contribution >= 0.6 is 0 Å². The Labute approximate surface area is 115 Å². The molecule has 2 atom stereocenters. The summed E-state index contributed by atoms with van der Waals surface area (Å²) in [6, 6.07) is 4.34. The second kappa shape index (κ2) is 6.60. The number of benzene rings is 1. The molecule has 0 fully saturated rings. The van der Waals surface area contributed by atoms with E-state index in [-0.39, 0.29) is 11.6 Å². The van der Waals surface area contributed by atoms with Crippen molar-refractivity contribution < 1.29 is 22.7 Å². The molecule has 0 aliphatic carbocycles. The maximum atomic E-state index is 12.1. The zero-order valence-corrected chi connectivity index (χ0v) is 11.2. The molecule has 0 saturated heterocycles. The first-order chi connectivity index (χ1) is 9.23. The lowest BCUT2D eigenvalue weighted by atomic mass is 9.99. The van der Waals surface area contributed by atoms with Gasteiger partial charge in [0.1, 0.15) is 5.75 Å². The number of hydrogen-bond donors (Lipinski definition) is 2. The van der Waals surface area contributed by atoms with E-state index in [1.807, 2.05) is 13.8 Å². The molecule has 0 aliphatic heterocycles. The van der Waals surface area contributed by atoms with Crippen molar-refractivity contribution in [2.45, 2.75) is 32.7 Å². The Kier molecular flexibility index (Phi) is 5.38. The van der Waals surface area contributed by atoms with E-state index in [2.05, 4.69) is 10.1 Å². The lowest BCUT2D eigenvalue weighted by molar-refractivity contribution is -0.274. The number of rotatable bonds is 5. The molecule has 0 heterocycles. The number of nitrogens with one attached hydrogen (secondary N) is 1. The van der Waals surface area contributed by atoms with Crippen molar-refractivity contribution in [1.29, 1.82) is 0 Å². The summed E-state index contributed by atoms with van der Waals surface area (Å²) in [5.41, 5.74) is 5.94. The highest BCUT2D eigenvalue weighted by molar-refractivity contribution is 5.95. The van der Waals surface area contributed by atoms with E-state index in [4.69, 9.17) is 5.73 Å². The molecule has 1 aromatic carbocycles. The fraction of sp³-hybridized carbons (Fsp3) is 0.462. The van der Waals surface area contributed by atoms with Gasteiger partial charge < -0.3 is 15.8 Å². The van der Waals surface area contributed by atoms with E-state index in [0.717, 1.165) is 18.6 Å². The van der Waals surface area contributed by atoms with Crippen LogP contribution in [0, 0.1) is 5.92 Å². The summed E-state index contributed by atoms with van der Waals surface area (Å²) < 4.78 is 40.0. The average molecular weight is 290 g/mol. The molecule has 1 amide bonds. The van der Waals surface area contributed by atoms with Crippen molar-refractivity contribution in [3.63, 3.8) is 0 Å². The third kappa shape index (κ3) is 5.08.